The monoisotopic (exact) mass is 252 g/mol. The fraction of sp³-hybridized carbons (Fsp3) is 0.889. The number of hydrogen-bond donors (Lipinski definition) is 0. The molecule has 0 N–H and O–H groups in total. The van der Waals surface area contributed by atoms with Crippen LogP contribution in [0.3, 0.4) is 0 Å². The fourth-order valence-corrected chi connectivity index (χ4v) is 2.51. The van der Waals surface area contributed by atoms with Crippen molar-refractivity contribution in [2.75, 3.05) is 0 Å². The first kappa shape index (κ1) is 17.7. The van der Waals surface area contributed by atoms with Gasteiger partial charge in [-0.1, -0.05) is 84.3 Å². The average molecular weight is 252 g/mol. The SMILES string of the molecule is CCCCCCCCC=CC(CCC)CCCC. The quantitative estimate of drug-likeness (QED) is 0.247. The van der Waals surface area contributed by atoms with Crippen LogP contribution in [0.25, 0.3) is 0 Å². The zero-order valence-electron chi connectivity index (χ0n) is 13.2. The van der Waals surface area contributed by atoms with E-state index in [9.17, 15) is 0 Å². The van der Waals surface area contributed by atoms with Crippen molar-refractivity contribution in [2.24, 2.45) is 5.92 Å². The maximum Gasteiger partial charge on any atom is -0.0234 e. The van der Waals surface area contributed by atoms with E-state index in [2.05, 4.69) is 32.9 Å². The average Bonchev–Trinajstić information content (AvgIpc) is 2.39. The Balaban J connectivity index is 3.50. The number of hydrogen-bond acceptors (Lipinski definition) is 0. The van der Waals surface area contributed by atoms with E-state index in [0.717, 1.165) is 5.92 Å². The molecule has 0 aliphatic rings. The van der Waals surface area contributed by atoms with Crippen molar-refractivity contribution in [2.45, 2.75) is 97.8 Å². The van der Waals surface area contributed by atoms with Gasteiger partial charge < -0.3 is 0 Å². The van der Waals surface area contributed by atoms with E-state index in [0.29, 0.717) is 0 Å². The molecule has 1 unspecified atom stereocenters. The second-order valence-electron chi connectivity index (χ2n) is 5.68. The summed E-state index contributed by atoms with van der Waals surface area (Å²) in [6.45, 7) is 6.89. The summed E-state index contributed by atoms with van der Waals surface area (Å²) in [6.07, 6.45) is 21.6. The fourth-order valence-electron chi connectivity index (χ4n) is 2.51. The number of rotatable bonds is 13. The topological polar surface area (TPSA) is 0 Å². The zero-order chi connectivity index (χ0) is 13.5. The van der Waals surface area contributed by atoms with Crippen molar-refractivity contribution in [3.8, 4) is 0 Å². The summed E-state index contributed by atoms with van der Waals surface area (Å²) in [5.41, 5.74) is 0. The van der Waals surface area contributed by atoms with Crippen molar-refractivity contribution in [1.29, 1.82) is 0 Å². The maximum absolute atomic E-state index is 2.51. The van der Waals surface area contributed by atoms with Gasteiger partial charge in [0.05, 0.1) is 0 Å². The van der Waals surface area contributed by atoms with Gasteiger partial charge in [-0.2, -0.15) is 0 Å². The van der Waals surface area contributed by atoms with Crippen LogP contribution >= 0.6 is 0 Å². The van der Waals surface area contributed by atoms with Crippen LogP contribution in [0.15, 0.2) is 12.2 Å². The van der Waals surface area contributed by atoms with Gasteiger partial charge in [0.15, 0.2) is 0 Å². The van der Waals surface area contributed by atoms with Crippen LogP contribution in [0.5, 0.6) is 0 Å². The van der Waals surface area contributed by atoms with Gasteiger partial charge in [0.1, 0.15) is 0 Å². The second-order valence-corrected chi connectivity index (χ2v) is 5.68. The molecule has 108 valence electrons. The molecule has 0 amide bonds. The first-order chi connectivity index (χ1) is 8.85. The minimum absolute atomic E-state index is 0.857. The lowest BCUT2D eigenvalue weighted by Crippen LogP contribution is -1.95. The molecule has 0 rings (SSSR count). The Labute approximate surface area is 116 Å². The van der Waals surface area contributed by atoms with Crippen LogP contribution in [-0.2, 0) is 0 Å². The van der Waals surface area contributed by atoms with Crippen LogP contribution < -0.4 is 0 Å². The number of allylic oxidation sites excluding steroid dienone is 2. The largest absolute Gasteiger partial charge is 0.0883 e. The zero-order valence-corrected chi connectivity index (χ0v) is 13.2. The van der Waals surface area contributed by atoms with Crippen LogP contribution in [-0.4, -0.2) is 0 Å². The number of unbranched alkanes of at least 4 members (excludes halogenated alkanes) is 7. The lowest BCUT2D eigenvalue weighted by atomic mass is 9.96. The summed E-state index contributed by atoms with van der Waals surface area (Å²) in [5, 5.41) is 0. The molecule has 0 aliphatic carbocycles. The van der Waals surface area contributed by atoms with Crippen LogP contribution in [0, 0.1) is 5.92 Å². The van der Waals surface area contributed by atoms with E-state index >= 15 is 0 Å². The molecule has 0 fully saturated rings. The first-order valence-electron chi connectivity index (χ1n) is 8.51. The second kappa shape index (κ2) is 14.8. The Morgan fingerprint density at radius 1 is 0.667 bits per heavy atom. The van der Waals surface area contributed by atoms with Crippen molar-refractivity contribution in [3.05, 3.63) is 12.2 Å². The third-order valence-corrected chi connectivity index (χ3v) is 3.72. The van der Waals surface area contributed by atoms with E-state index in [-0.39, 0.29) is 0 Å². The van der Waals surface area contributed by atoms with Gasteiger partial charge in [-0.05, 0) is 31.6 Å². The van der Waals surface area contributed by atoms with Crippen LogP contribution in [0.2, 0.25) is 0 Å². The van der Waals surface area contributed by atoms with E-state index in [1.807, 2.05) is 0 Å². The summed E-state index contributed by atoms with van der Waals surface area (Å²) in [4.78, 5) is 0. The first-order valence-corrected chi connectivity index (χ1v) is 8.51. The molecule has 0 aromatic carbocycles. The standard InChI is InChI=1S/C18H36/c1-4-7-9-10-11-12-13-14-17-18(15-6-3)16-8-5-2/h14,17-18H,4-13,15-16H2,1-3H3. The van der Waals surface area contributed by atoms with Gasteiger partial charge in [0.2, 0.25) is 0 Å². The Kier molecular flexibility index (Phi) is 14.6. The van der Waals surface area contributed by atoms with E-state index in [1.165, 1.54) is 77.0 Å². The highest BCUT2D eigenvalue weighted by Gasteiger charge is 2.01. The third kappa shape index (κ3) is 12.2. The molecule has 0 saturated carbocycles. The smallest absolute Gasteiger partial charge is 0.0234 e. The molecule has 0 nitrogen and oxygen atoms in total. The normalized spacial score (nSPS) is 13.3. The van der Waals surface area contributed by atoms with Crippen molar-refractivity contribution < 1.29 is 0 Å². The lowest BCUT2D eigenvalue weighted by molar-refractivity contribution is 0.510. The lowest BCUT2D eigenvalue weighted by Gasteiger charge is -2.10. The Bertz CT molecular complexity index is 169. The summed E-state index contributed by atoms with van der Waals surface area (Å²) >= 11 is 0. The molecule has 0 heteroatoms. The maximum atomic E-state index is 2.51. The summed E-state index contributed by atoms with van der Waals surface area (Å²) in [5.74, 6) is 0.857. The van der Waals surface area contributed by atoms with Gasteiger partial charge in [-0.25, -0.2) is 0 Å². The highest BCUT2D eigenvalue weighted by molar-refractivity contribution is 4.88. The molecule has 18 heavy (non-hydrogen) atoms. The van der Waals surface area contributed by atoms with E-state index in [1.54, 1.807) is 0 Å². The Morgan fingerprint density at radius 3 is 2.00 bits per heavy atom. The molecule has 0 heterocycles. The molecule has 0 aliphatic heterocycles. The molecule has 0 radical (unpaired) electrons. The van der Waals surface area contributed by atoms with Gasteiger partial charge in [-0.15, -0.1) is 0 Å². The van der Waals surface area contributed by atoms with Crippen molar-refractivity contribution in [3.63, 3.8) is 0 Å². The van der Waals surface area contributed by atoms with Gasteiger partial charge >= 0.3 is 0 Å². The van der Waals surface area contributed by atoms with Crippen LogP contribution in [0.4, 0.5) is 0 Å². The molecular weight excluding hydrogens is 216 g/mol. The Morgan fingerprint density at radius 2 is 1.33 bits per heavy atom. The molecule has 1 atom stereocenters. The highest BCUT2D eigenvalue weighted by atomic mass is 14.1. The van der Waals surface area contributed by atoms with Crippen LogP contribution in [0.1, 0.15) is 97.8 Å². The van der Waals surface area contributed by atoms with Gasteiger partial charge in [0.25, 0.3) is 0 Å². The Hall–Kier alpha value is -0.260. The van der Waals surface area contributed by atoms with E-state index in [4.69, 9.17) is 0 Å². The van der Waals surface area contributed by atoms with Crippen molar-refractivity contribution in [1.82, 2.24) is 0 Å². The third-order valence-electron chi connectivity index (χ3n) is 3.72. The van der Waals surface area contributed by atoms with E-state index < -0.39 is 0 Å². The summed E-state index contributed by atoms with van der Waals surface area (Å²) in [7, 11) is 0. The minimum Gasteiger partial charge on any atom is -0.0883 e. The summed E-state index contributed by atoms with van der Waals surface area (Å²) < 4.78 is 0. The predicted octanol–water partition coefficient (Wildman–Crippen LogP) is 6.90. The van der Waals surface area contributed by atoms with Crippen molar-refractivity contribution >= 4 is 0 Å². The molecule has 0 spiro atoms. The molecular formula is C18H36. The predicted molar refractivity (Wildman–Crippen MR) is 85.1 cm³/mol. The van der Waals surface area contributed by atoms with Gasteiger partial charge in [0, 0.05) is 0 Å². The minimum atomic E-state index is 0.857. The molecule has 0 aromatic rings. The molecule has 0 saturated heterocycles. The van der Waals surface area contributed by atoms with Gasteiger partial charge in [-0.3, -0.25) is 0 Å². The molecule has 0 bridgehead atoms. The molecule has 0 aromatic heterocycles. The summed E-state index contributed by atoms with van der Waals surface area (Å²) in [6, 6.07) is 0. The highest BCUT2D eigenvalue weighted by Crippen LogP contribution is 2.17.